The van der Waals surface area contributed by atoms with Crippen LogP contribution in [-0.2, 0) is 0 Å². The number of aromatic hydroxyl groups is 2. The van der Waals surface area contributed by atoms with Crippen molar-refractivity contribution in [2.75, 3.05) is 0 Å². The molecular formula is C14H12ClNO2. The number of aliphatic imine (C=N–C) groups is 1. The number of nitrogens with zero attached hydrogens (tertiary/aromatic N) is 1. The van der Waals surface area contributed by atoms with Gasteiger partial charge < -0.3 is 10.2 Å². The number of hydrogen-bond donors (Lipinski definition) is 2. The Hall–Kier alpha value is -2.00. The molecule has 2 aromatic carbocycles. The molecule has 0 amide bonds. The number of aryl methyl sites for hydroxylation is 1. The van der Waals surface area contributed by atoms with Gasteiger partial charge in [-0.2, -0.15) is 0 Å². The van der Waals surface area contributed by atoms with Gasteiger partial charge in [-0.15, -0.1) is 0 Å². The van der Waals surface area contributed by atoms with Crippen LogP contribution < -0.4 is 0 Å². The second-order valence-electron chi connectivity index (χ2n) is 3.90. The summed E-state index contributed by atoms with van der Waals surface area (Å²) in [4.78, 5) is 4.18. The number of hydrogen-bond acceptors (Lipinski definition) is 3. The zero-order chi connectivity index (χ0) is 13.1. The highest BCUT2D eigenvalue weighted by atomic mass is 35.5. The van der Waals surface area contributed by atoms with Gasteiger partial charge in [0.15, 0.2) is 0 Å². The Balaban J connectivity index is 2.39. The topological polar surface area (TPSA) is 52.8 Å². The molecule has 0 aliphatic heterocycles. The van der Waals surface area contributed by atoms with E-state index in [4.69, 9.17) is 11.6 Å². The lowest BCUT2D eigenvalue weighted by atomic mass is 10.2. The van der Waals surface area contributed by atoms with Gasteiger partial charge in [-0.25, -0.2) is 0 Å². The summed E-state index contributed by atoms with van der Waals surface area (Å²) in [5.41, 5.74) is 1.84. The molecule has 0 saturated heterocycles. The molecule has 18 heavy (non-hydrogen) atoms. The Morgan fingerprint density at radius 2 is 1.89 bits per heavy atom. The first-order valence-electron chi connectivity index (χ1n) is 5.39. The van der Waals surface area contributed by atoms with Gasteiger partial charge in [-0.05, 0) is 36.8 Å². The second-order valence-corrected chi connectivity index (χ2v) is 4.34. The molecule has 0 aliphatic rings. The van der Waals surface area contributed by atoms with Gasteiger partial charge in [-0.1, -0.05) is 23.7 Å². The first-order chi connectivity index (χ1) is 8.58. The Bertz CT molecular complexity index is 588. The van der Waals surface area contributed by atoms with E-state index in [1.165, 1.54) is 12.3 Å². The third kappa shape index (κ3) is 2.63. The quantitative estimate of drug-likeness (QED) is 0.808. The molecule has 4 heteroatoms. The molecule has 3 nitrogen and oxygen atoms in total. The van der Waals surface area contributed by atoms with Crippen LogP contribution in [0, 0.1) is 6.92 Å². The standard InChI is InChI=1S/C14H12ClNO2/c1-9-3-2-4-13(18)14(9)16-8-10-7-11(15)5-6-12(10)17/h2-8,17-18H,1H3. The van der Waals surface area contributed by atoms with Gasteiger partial charge in [0.2, 0.25) is 0 Å². The summed E-state index contributed by atoms with van der Waals surface area (Å²) in [5.74, 6) is 0.198. The van der Waals surface area contributed by atoms with E-state index in [0.717, 1.165) is 5.56 Å². The van der Waals surface area contributed by atoms with Crippen molar-refractivity contribution in [3.05, 3.63) is 52.5 Å². The molecule has 0 unspecified atom stereocenters. The van der Waals surface area contributed by atoms with E-state index < -0.39 is 0 Å². The van der Waals surface area contributed by atoms with E-state index in [1.807, 2.05) is 13.0 Å². The van der Waals surface area contributed by atoms with Crippen molar-refractivity contribution >= 4 is 23.5 Å². The monoisotopic (exact) mass is 261 g/mol. The summed E-state index contributed by atoms with van der Waals surface area (Å²) in [7, 11) is 0. The normalized spacial score (nSPS) is 11.0. The minimum absolute atomic E-state index is 0.0937. The number of phenolic OH excluding ortho intramolecular Hbond substituents is 2. The Morgan fingerprint density at radius 1 is 1.11 bits per heavy atom. The van der Waals surface area contributed by atoms with Crippen LogP contribution in [0.1, 0.15) is 11.1 Å². The predicted octanol–water partition coefficient (Wildman–Crippen LogP) is 3.81. The summed E-state index contributed by atoms with van der Waals surface area (Å²) < 4.78 is 0. The lowest BCUT2D eigenvalue weighted by molar-refractivity contribution is 0.474. The van der Waals surface area contributed by atoms with Crippen LogP contribution in [0.3, 0.4) is 0 Å². The molecule has 92 valence electrons. The van der Waals surface area contributed by atoms with Gasteiger partial charge in [0.05, 0.1) is 0 Å². The third-order valence-electron chi connectivity index (χ3n) is 2.54. The molecule has 0 aromatic heterocycles. The van der Waals surface area contributed by atoms with Crippen LogP contribution in [0.4, 0.5) is 5.69 Å². The fourth-order valence-electron chi connectivity index (χ4n) is 1.57. The highest BCUT2D eigenvalue weighted by Crippen LogP contribution is 2.30. The van der Waals surface area contributed by atoms with Crippen molar-refractivity contribution < 1.29 is 10.2 Å². The summed E-state index contributed by atoms with van der Waals surface area (Å²) in [6.45, 7) is 1.85. The molecule has 2 rings (SSSR count). The molecule has 0 spiro atoms. The first kappa shape index (κ1) is 12.5. The smallest absolute Gasteiger partial charge is 0.141 e. The summed E-state index contributed by atoms with van der Waals surface area (Å²) >= 11 is 5.84. The average Bonchev–Trinajstić information content (AvgIpc) is 2.33. The van der Waals surface area contributed by atoms with E-state index >= 15 is 0 Å². The Morgan fingerprint density at radius 3 is 2.61 bits per heavy atom. The zero-order valence-electron chi connectivity index (χ0n) is 9.76. The van der Waals surface area contributed by atoms with E-state index in [-0.39, 0.29) is 11.5 Å². The lowest BCUT2D eigenvalue weighted by Crippen LogP contribution is -1.83. The van der Waals surface area contributed by atoms with Crippen LogP contribution in [0.25, 0.3) is 0 Å². The van der Waals surface area contributed by atoms with Gasteiger partial charge in [0.25, 0.3) is 0 Å². The maximum Gasteiger partial charge on any atom is 0.141 e. The van der Waals surface area contributed by atoms with Gasteiger partial charge in [0, 0.05) is 16.8 Å². The molecule has 0 bridgehead atoms. The Labute approximate surface area is 110 Å². The van der Waals surface area contributed by atoms with Crippen molar-refractivity contribution in [2.45, 2.75) is 6.92 Å². The van der Waals surface area contributed by atoms with E-state index in [9.17, 15) is 10.2 Å². The fraction of sp³-hybridized carbons (Fsp3) is 0.0714. The zero-order valence-corrected chi connectivity index (χ0v) is 10.5. The number of para-hydroxylation sites is 1. The summed E-state index contributed by atoms with van der Waals surface area (Å²) in [6, 6.07) is 9.87. The van der Waals surface area contributed by atoms with Crippen molar-refractivity contribution in [3.8, 4) is 11.5 Å². The van der Waals surface area contributed by atoms with Gasteiger partial charge >= 0.3 is 0 Å². The van der Waals surface area contributed by atoms with E-state index in [1.54, 1.807) is 24.3 Å². The summed E-state index contributed by atoms with van der Waals surface area (Å²) in [5, 5.41) is 19.8. The molecular weight excluding hydrogens is 250 g/mol. The van der Waals surface area contributed by atoms with Crippen LogP contribution >= 0.6 is 11.6 Å². The van der Waals surface area contributed by atoms with Gasteiger partial charge in [-0.3, -0.25) is 4.99 Å². The molecule has 0 aliphatic carbocycles. The first-order valence-corrected chi connectivity index (χ1v) is 5.77. The molecule has 0 atom stereocenters. The fourth-order valence-corrected chi connectivity index (χ4v) is 1.75. The van der Waals surface area contributed by atoms with E-state index in [2.05, 4.69) is 4.99 Å². The molecule has 2 N–H and O–H groups in total. The second kappa shape index (κ2) is 5.10. The minimum Gasteiger partial charge on any atom is -0.507 e. The van der Waals surface area contributed by atoms with Gasteiger partial charge in [0.1, 0.15) is 17.2 Å². The highest BCUT2D eigenvalue weighted by molar-refractivity contribution is 6.30. The number of phenols is 2. The third-order valence-corrected chi connectivity index (χ3v) is 2.77. The number of rotatable bonds is 2. The van der Waals surface area contributed by atoms with Crippen LogP contribution in [0.2, 0.25) is 5.02 Å². The SMILES string of the molecule is Cc1cccc(O)c1N=Cc1cc(Cl)ccc1O. The molecule has 2 aromatic rings. The highest BCUT2D eigenvalue weighted by Gasteiger charge is 2.03. The molecule has 0 radical (unpaired) electrons. The van der Waals surface area contributed by atoms with Crippen LogP contribution in [0.5, 0.6) is 11.5 Å². The molecule has 0 saturated carbocycles. The van der Waals surface area contributed by atoms with Crippen LogP contribution in [-0.4, -0.2) is 16.4 Å². The average molecular weight is 262 g/mol. The minimum atomic E-state index is 0.0937. The number of benzene rings is 2. The molecule has 0 heterocycles. The van der Waals surface area contributed by atoms with Crippen molar-refractivity contribution in [3.63, 3.8) is 0 Å². The maximum absolute atomic E-state index is 9.69. The van der Waals surface area contributed by atoms with Crippen molar-refractivity contribution in [1.82, 2.24) is 0 Å². The Kier molecular flexibility index (Phi) is 3.53. The lowest BCUT2D eigenvalue weighted by Gasteiger charge is -2.03. The van der Waals surface area contributed by atoms with Crippen molar-refractivity contribution in [2.24, 2.45) is 4.99 Å². The van der Waals surface area contributed by atoms with Crippen LogP contribution in [0.15, 0.2) is 41.4 Å². The largest absolute Gasteiger partial charge is 0.507 e. The summed E-state index contributed by atoms with van der Waals surface area (Å²) in [6.07, 6.45) is 1.48. The maximum atomic E-state index is 9.69. The van der Waals surface area contributed by atoms with E-state index in [0.29, 0.717) is 16.3 Å². The molecule has 0 fully saturated rings. The van der Waals surface area contributed by atoms with Crippen molar-refractivity contribution in [1.29, 1.82) is 0 Å². The number of halogens is 1. The predicted molar refractivity (Wildman–Crippen MR) is 73.2 cm³/mol.